The van der Waals surface area contributed by atoms with Gasteiger partial charge < -0.3 is 9.47 Å². The SMILES string of the molecule is Cc1cnc(C2CCC2)n1C1CCN(C(=O)c2cccnc2)CC1. The van der Waals surface area contributed by atoms with E-state index in [1.165, 1.54) is 30.8 Å². The van der Waals surface area contributed by atoms with Gasteiger partial charge in [0, 0.05) is 49.3 Å². The first kappa shape index (κ1) is 15.4. The van der Waals surface area contributed by atoms with Crippen molar-refractivity contribution in [3.8, 4) is 0 Å². The van der Waals surface area contributed by atoms with Gasteiger partial charge in [-0.05, 0) is 44.7 Å². The molecule has 5 nitrogen and oxygen atoms in total. The number of pyridine rings is 1. The average Bonchev–Trinajstić information content (AvgIpc) is 2.95. The summed E-state index contributed by atoms with van der Waals surface area (Å²) in [6, 6.07) is 4.14. The zero-order valence-electron chi connectivity index (χ0n) is 14.2. The number of carbonyl (C=O) groups excluding carboxylic acids is 1. The van der Waals surface area contributed by atoms with Crippen LogP contribution in [0.4, 0.5) is 0 Å². The van der Waals surface area contributed by atoms with Crippen molar-refractivity contribution in [3.05, 3.63) is 47.8 Å². The zero-order valence-corrected chi connectivity index (χ0v) is 14.2. The van der Waals surface area contributed by atoms with E-state index >= 15 is 0 Å². The molecule has 0 aromatic carbocycles. The van der Waals surface area contributed by atoms with Crippen molar-refractivity contribution in [1.82, 2.24) is 19.4 Å². The molecule has 1 amide bonds. The predicted molar refractivity (Wildman–Crippen MR) is 92.0 cm³/mol. The van der Waals surface area contributed by atoms with Gasteiger partial charge in [0.2, 0.25) is 0 Å². The highest BCUT2D eigenvalue weighted by molar-refractivity contribution is 5.93. The van der Waals surface area contributed by atoms with Gasteiger partial charge in [0.1, 0.15) is 5.82 Å². The third-order valence-electron chi connectivity index (χ3n) is 5.51. The van der Waals surface area contributed by atoms with Gasteiger partial charge in [0.15, 0.2) is 0 Å². The third-order valence-corrected chi connectivity index (χ3v) is 5.51. The predicted octanol–water partition coefficient (Wildman–Crippen LogP) is 3.33. The van der Waals surface area contributed by atoms with Gasteiger partial charge in [-0.2, -0.15) is 0 Å². The molecule has 5 heteroatoms. The van der Waals surface area contributed by atoms with E-state index in [2.05, 4.69) is 21.5 Å². The number of aromatic nitrogens is 3. The number of piperidine rings is 1. The maximum Gasteiger partial charge on any atom is 0.255 e. The molecule has 2 aromatic rings. The molecule has 2 fully saturated rings. The van der Waals surface area contributed by atoms with Crippen LogP contribution in [0.15, 0.2) is 30.7 Å². The van der Waals surface area contributed by atoms with E-state index < -0.39 is 0 Å². The Kier molecular flexibility index (Phi) is 4.08. The van der Waals surface area contributed by atoms with Crippen molar-refractivity contribution in [2.24, 2.45) is 0 Å². The fourth-order valence-corrected chi connectivity index (χ4v) is 3.91. The molecule has 0 radical (unpaired) electrons. The maximum atomic E-state index is 12.6. The zero-order chi connectivity index (χ0) is 16.5. The van der Waals surface area contributed by atoms with Crippen molar-refractivity contribution < 1.29 is 4.79 Å². The summed E-state index contributed by atoms with van der Waals surface area (Å²) in [6.07, 6.45) is 11.3. The molecule has 24 heavy (non-hydrogen) atoms. The molecule has 1 aliphatic carbocycles. The second-order valence-electron chi connectivity index (χ2n) is 7.02. The van der Waals surface area contributed by atoms with Crippen LogP contribution in [0.25, 0.3) is 0 Å². The first-order valence-corrected chi connectivity index (χ1v) is 8.97. The smallest absolute Gasteiger partial charge is 0.255 e. The molecule has 0 atom stereocenters. The maximum absolute atomic E-state index is 12.6. The van der Waals surface area contributed by atoms with Crippen LogP contribution < -0.4 is 0 Å². The highest BCUT2D eigenvalue weighted by Gasteiger charge is 2.30. The quantitative estimate of drug-likeness (QED) is 0.870. The Morgan fingerprint density at radius 2 is 1.96 bits per heavy atom. The van der Waals surface area contributed by atoms with E-state index in [0.717, 1.165) is 25.9 Å². The van der Waals surface area contributed by atoms with E-state index in [4.69, 9.17) is 0 Å². The lowest BCUT2D eigenvalue weighted by Gasteiger charge is -2.35. The lowest BCUT2D eigenvalue weighted by molar-refractivity contribution is 0.0691. The van der Waals surface area contributed by atoms with Crippen LogP contribution in [0, 0.1) is 6.92 Å². The molecule has 1 saturated carbocycles. The lowest BCUT2D eigenvalue weighted by Crippen LogP contribution is -2.39. The molecule has 126 valence electrons. The van der Waals surface area contributed by atoms with Gasteiger partial charge in [-0.25, -0.2) is 4.98 Å². The minimum absolute atomic E-state index is 0.100. The summed E-state index contributed by atoms with van der Waals surface area (Å²) in [6.45, 7) is 3.77. The lowest BCUT2D eigenvalue weighted by atomic mass is 9.84. The van der Waals surface area contributed by atoms with E-state index in [0.29, 0.717) is 17.5 Å². The van der Waals surface area contributed by atoms with Crippen molar-refractivity contribution in [2.75, 3.05) is 13.1 Å². The molecule has 0 spiro atoms. The van der Waals surface area contributed by atoms with Gasteiger partial charge in [-0.15, -0.1) is 0 Å². The van der Waals surface area contributed by atoms with E-state index in [1.54, 1.807) is 12.4 Å². The summed E-state index contributed by atoms with van der Waals surface area (Å²) in [5, 5.41) is 0. The standard InChI is InChI=1S/C19H24N4O/c1-14-12-21-18(15-4-2-5-15)23(14)17-7-10-22(11-8-17)19(24)16-6-3-9-20-13-16/h3,6,9,12-13,15,17H,2,4-5,7-8,10-11H2,1H3. The molecule has 0 bridgehead atoms. The van der Waals surface area contributed by atoms with Crippen LogP contribution in [-0.2, 0) is 0 Å². The first-order valence-electron chi connectivity index (χ1n) is 8.97. The van der Waals surface area contributed by atoms with Crippen LogP contribution in [0.2, 0.25) is 0 Å². The Morgan fingerprint density at radius 1 is 1.17 bits per heavy atom. The average molecular weight is 324 g/mol. The minimum Gasteiger partial charge on any atom is -0.338 e. The Balaban J connectivity index is 1.45. The fraction of sp³-hybridized carbons (Fsp3) is 0.526. The highest BCUT2D eigenvalue weighted by Crippen LogP contribution is 2.38. The second-order valence-corrected chi connectivity index (χ2v) is 7.02. The topological polar surface area (TPSA) is 51.0 Å². The van der Waals surface area contributed by atoms with Gasteiger partial charge in [0.05, 0.1) is 5.56 Å². The molecule has 0 N–H and O–H groups in total. The van der Waals surface area contributed by atoms with E-state index in [9.17, 15) is 4.79 Å². The van der Waals surface area contributed by atoms with Crippen molar-refractivity contribution in [2.45, 2.75) is 51.0 Å². The number of aryl methyl sites for hydroxylation is 1. The Labute approximate surface area is 142 Å². The Morgan fingerprint density at radius 3 is 2.58 bits per heavy atom. The minimum atomic E-state index is 0.100. The molecule has 2 aliphatic rings. The number of likely N-dealkylation sites (tertiary alicyclic amines) is 1. The molecule has 0 unspecified atom stereocenters. The Bertz CT molecular complexity index is 712. The number of imidazole rings is 1. The van der Waals surface area contributed by atoms with Crippen LogP contribution in [0.5, 0.6) is 0 Å². The largest absolute Gasteiger partial charge is 0.338 e. The molecule has 1 saturated heterocycles. The van der Waals surface area contributed by atoms with E-state index in [1.807, 2.05) is 23.2 Å². The summed E-state index contributed by atoms with van der Waals surface area (Å²) >= 11 is 0. The van der Waals surface area contributed by atoms with Crippen LogP contribution >= 0.6 is 0 Å². The number of carbonyl (C=O) groups is 1. The molecule has 1 aliphatic heterocycles. The van der Waals surface area contributed by atoms with Crippen LogP contribution in [0.1, 0.15) is 65.9 Å². The van der Waals surface area contributed by atoms with Gasteiger partial charge in [0.25, 0.3) is 5.91 Å². The summed E-state index contributed by atoms with van der Waals surface area (Å²) in [5.74, 6) is 2.02. The molecular weight excluding hydrogens is 300 g/mol. The number of amides is 1. The van der Waals surface area contributed by atoms with Gasteiger partial charge in [-0.3, -0.25) is 9.78 Å². The van der Waals surface area contributed by atoms with Crippen molar-refractivity contribution in [3.63, 3.8) is 0 Å². The molecular formula is C19H24N4O. The van der Waals surface area contributed by atoms with Crippen LogP contribution in [-0.4, -0.2) is 38.4 Å². The van der Waals surface area contributed by atoms with Crippen LogP contribution in [0.3, 0.4) is 0 Å². The van der Waals surface area contributed by atoms with Gasteiger partial charge >= 0.3 is 0 Å². The number of hydrogen-bond acceptors (Lipinski definition) is 3. The monoisotopic (exact) mass is 324 g/mol. The fourth-order valence-electron chi connectivity index (χ4n) is 3.91. The molecule has 2 aromatic heterocycles. The van der Waals surface area contributed by atoms with E-state index in [-0.39, 0.29) is 5.91 Å². The second kappa shape index (κ2) is 6.38. The number of rotatable bonds is 3. The molecule has 3 heterocycles. The summed E-state index contributed by atoms with van der Waals surface area (Å²) in [5.41, 5.74) is 1.94. The van der Waals surface area contributed by atoms with Crippen molar-refractivity contribution >= 4 is 5.91 Å². The van der Waals surface area contributed by atoms with Crippen molar-refractivity contribution in [1.29, 1.82) is 0 Å². The Hall–Kier alpha value is -2.17. The number of hydrogen-bond donors (Lipinski definition) is 0. The summed E-state index contributed by atoms with van der Waals surface area (Å²) in [7, 11) is 0. The third kappa shape index (κ3) is 2.72. The highest BCUT2D eigenvalue weighted by atomic mass is 16.2. The molecule has 4 rings (SSSR count). The van der Waals surface area contributed by atoms with Gasteiger partial charge in [-0.1, -0.05) is 6.42 Å². The number of nitrogens with zero attached hydrogens (tertiary/aromatic N) is 4. The summed E-state index contributed by atoms with van der Waals surface area (Å²) in [4.78, 5) is 23.3. The first-order chi connectivity index (χ1) is 11.7. The normalized spacial score (nSPS) is 19.3. The summed E-state index contributed by atoms with van der Waals surface area (Å²) < 4.78 is 2.45.